The summed E-state index contributed by atoms with van der Waals surface area (Å²) in [6, 6.07) is 2.33. The third-order valence-electron chi connectivity index (χ3n) is 3.01. The molecule has 0 aromatic carbocycles. The Bertz CT molecular complexity index is 766. The lowest BCUT2D eigenvalue weighted by atomic mass is 10.2. The van der Waals surface area contributed by atoms with Crippen molar-refractivity contribution < 1.29 is 22.8 Å². The predicted molar refractivity (Wildman–Crippen MR) is 87.2 cm³/mol. The van der Waals surface area contributed by atoms with Gasteiger partial charge in [0.05, 0.1) is 5.75 Å². The number of nitrogens with one attached hydrogen (secondary N) is 2. The molecule has 12 heteroatoms. The van der Waals surface area contributed by atoms with E-state index < -0.39 is 24.7 Å². The van der Waals surface area contributed by atoms with E-state index in [2.05, 4.69) is 15.2 Å². The van der Waals surface area contributed by atoms with Crippen LogP contribution < -0.4 is 10.6 Å². The smallest absolute Gasteiger partial charge is 0.329 e. The van der Waals surface area contributed by atoms with E-state index >= 15 is 0 Å². The number of halogens is 3. The number of rotatable bonds is 6. The highest BCUT2D eigenvalue weighted by atomic mass is 32.2. The summed E-state index contributed by atoms with van der Waals surface area (Å²) in [5.74, 6) is -0.347. The Labute approximate surface area is 150 Å². The molecule has 0 unspecified atom stereocenters. The normalized spacial score (nSPS) is 11.2. The molecule has 0 saturated heterocycles. The van der Waals surface area contributed by atoms with E-state index in [0.29, 0.717) is 17.5 Å². The van der Waals surface area contributed by atoms with Crippen molar-refractivity contribution in [3.05, 3.63) is 24.5 Å². The molecule has 8 nitrogen and oxygen atoms in total. The van der Waals surface area contributed by atoms with E-state index in [9.17, 15) is 22.8 Å². The van der Waals surface area contributed by atoms with Crippen molar-refractivity contribution in [3.8, 4) is 11.4 Å². The van der Waals surface area contributed by atoms with E-state index in [1.165, 1.54) is 0 Å². The fourth-order valence-corrected chi connectivity index (χ4v) is 2.71. The van der Waals surface area contributed by atoms with Crippen LogP contribution in [-0.2, 0) is 11.3 Å². The molecule has 0 aliphatic carbocycles. The molecule has 2 aromatic rings. The molecule has 2 heterocycles. The zero-order valence-electron chi connectivity index (χ0n) is 13.6. The molecule has 0 bridgehead atoms. The van der Waals surface area contributed by atoms with Crippen LogP contribution in [0.5, 0.6) is 0 Å². The number of alkyl halides is 3. The molecule has 0 saturated carbocycles. The zero-order valence-corrected chi connectivity index (χ0v) is 14.4. The van der Waals surface area contributed by atoms with Crippen LogP contribution >= 0.6 is 11.8 Å². The summed E-state index contributed by atoms with van der Waals surface area (Å²) >= 11 is 1.02. The first-order chi connectivity index (χ1) is 12.3. The van der Waals surface area contributed by atoms with Crippen molar-refractivity contribution in [2.75, 3.05) is 12.3 Å². The average Bonchev–Trinajstić information content (AvgIpc) is 3.01. The molecule has 3 amide bonds. The van der Waals surface area contributed by atoms with Gasteiger partial charge in [-0.1, -0.05) is 11.8 Å². The van der Waals surface area contributed by atoms with E-state index in [1.807, 2.05) is 12.2 Å². The highest BCUT2D eigenvalue weighted by molar-refractivity contribution is 7.99. The molecule has 140 valence electrons. The highest BCUT2D eigenvalue weighted by Crippen LogP contribution is 2.23. The number of aromatic nitrogens is 4. The molecular formula is C14H15F3N6O2S. The highest BCUT2D eigenvalue weighted by Gasteiger charge is 2.28. The average molecular weight is 388 g/mol. The number of urea groups is 1. The third kappa shape index (κ3) is 5.72. The van der Waals surface area contributed by atoms with Crippen molar-refractivity contribution >= 4 is 23.7 Å². The summed E-state index contributed by atoms with van der Waals surface area (Å²) in [7, 11) is 0. The van der Waals surface area contributed by atoms with Gasteiger partial charge < -0.3 is 9.88 Å². The molecule has 0 atom stereocenters. The Balaban J connectivity index is 1.92. The van der Waals surface area contributed by atoms with Gasteiger partial charge in [0.2, 0.25) is 5.91 Å². The molecular weight excluding hydrogens is 373 g/mol. The Kier molecular flexibility index (Phi) is 6.55. The Morgan fingerprint density at radius 3 is 2.54 bits per heavy atom. The molecule has 0 fully saturated rings. The fraction of sp³-hybridized carbons (Fsp3) is 0.357. The molecule has 0 aliphatic heterocycles. The topological polar surface area (TPSA) is 102 Å². The summed E-state index contributed by atoms with van der Waals surface area (Å²) < 4.78 is 37.8. The van der Waals surface area contributed by atoms with Crippen molar-refractivity contribution in [2.24, 2.45) is 0 Å². The fourth-order valence-electron chi connectivity index (χ4n) is 1.91. The quantitative estimate of drug-likeness (QED) is 0.733. The van der Waals surface area contributed by atoms with Gasteiger partial charge in [-0.15, -0.1) is 10.2 Å². The maximum atomic E-state index is 12.0. The summed E-state index contributed by atoms with van der Waals surface area (Å²) in [6.07, 6.45) is -1.32. The second-order valence-electron chi connectivity index (χ2n) is 4.92. The van der Waals surface area contributed by atoms with Gasteiger partial charge in [-0.05, 0) is 19.1 Å². The minimum Gasteiger partial charge on any atom is -0.329 e. The number of carbonyl (C=O) groups is 2. The maximum absolute atomic E-state index is 12.0. The monoisotopic (exact) mass is 388 g/mol. The molecule has 0 radical (unpaired) electrons. The first-order valence-electron chi connectivity index (χ1n) is 7.41. The molecule has 2 aromatic heterocycles. The number of hydrogen-bond acceptors (Lipinski definition) is 6. The van der Waals surface area contributed by atoms with E-state index in [0.717, 1.165) is 17.3 Å². The number of nitrogens with zero attached hydrogens (tertiary/aromatic N) is 4. The lowest BCUT2D eigenvalue weighted by Crippen LogP contribution is -2.43. The van der Waals surface area contributed by atoms with Crippen LogP contribution in [0.15, 0.2) is 29.7 Å². The maximum Gasteiger partial charge on any atom is 0.405 e. The predicted octanol–water partition coefficient (Wildman–Crippen LogP) is 1.84. The second-order valence-corrected chi connectivity index (χ2v) is 5.86. The van der Waals surface area contributed by atoms with Crippen molar-refractivity contribution in [1.29, 1.82) is 0 Å². The van der Waals surface area contributed by atoms with Crippen LogP contribution in [0.3, 0.4) is 0 Å². The third-order valence-corrected chi connectivity index (χ3v) is 3.97. The molecule has 2 N–H and O–H groups in total. The van der Waals surface area contributed by atoms with Gasteiger partial charge in [-0.2, -0.15) is 13.2 Å². The SMILES string of the molecule is CCn1c(SCC(=O)NC(=O)NCC(F)(F)F)nnc1-c1ccncc1. The first kappa shape index (κ1) is 19.7. The van der Waals surface area contributed by atoms with Crippen molar-refractivity contribution in [1.82, 2.24) is 30.4 Å². The van der Waals surface area contributed by atoms with Crippen LogP contribution in [0.2, 0.25) is 0 Å². The van der Waals surface area contributed by atoms with Crippen LogP contribution in [-0.4, -0.2) is 50.2 Å². The van der Waals surface area contributed by atoms with E-state index in [4.69, 9.17) is 0 Å². The summed E-state index contributed by atoms with van der Waals surface area (Å²) in [6.45, 7) is 0.905. The van der Waals surface area contributed by atoms with Crippen LogP contribution in [0.1, 0.15) is 6.92 Å². The lowest BCUT2D eigenvalue weighted by Gasteiger charge is -2.09. The number of carbonyl (C=O) groups excluding carboxylic acids is 2. The van der Waals surface area contributed by atoms with Gasteiger partial charge in [0.25, 0.3) is 0 Å². The summed E-state index contributed by atoms with van der Waals surface area (Å²) in [5, 5.41) is 11.9. The zero-order chi connectivity index (χ0) is 19.2. The second kappa shape index (κ2) is 8.65. The molecule has 0 aliphatic rings. The number of hydrogen-bond donors (Lipinski definition) is 2. The summed E-state index contributed by atoms with van der Waals surface area (Å²) in [5.41, 5.74) is 0.803. The lowest BCUT2D eigenvalue weighted by molar-refractivity contribution is -0.124. The van der Waals surface area contributed by atoms with E-state index in [1.54, 1.807) is 34.4 Å². The number of pyridine rings is 1. The van der Waals surface area contributed by atoms with Gasteiger partial charge in [-0.25, -0.2) is 4.79 Å². The number of amides is 3. The molecule has 26 heavy (non-hydrogen) atoms. The van der Waals surface area contributed by atoms with Gasteiger partial charge in [0, 0.05) is 24.5 Å². The van der Waals surface area contributed by atoms with Crippen molar-refractivity contribution in [2.45, 2.75) is 24.8 Å². The minimum atomic E-state index is -4.55. The van der Waals surface area contributed by atoms with Crippen LogP contribution in [0, 0.1) is 0 Å². The van der Waals surface area contributed by atoms with Gasteiger partial charge >= 0.3 is 12.2 Å². The molecule has 2 rings (SSSR count). The summed E-state index contributed by atoms with van der Waals surface area (Å²) in [4.78, 5) is 26.8. The number of imide groups is 1. The number of thioether (sulfide) groups is 1. The molecule has 0 spiro atoms. The largest absolute Gasteiger partial charge is 0.405 e. The Morgan fingerprint density at radius 2 is 1.92 bits per heavy atom. The first-order valence-corrected chi connectivity index (χ1v) is 8.39. The van der Waals surface area contributed by atoms with Crippen LogP contribution in [0.4, 0.5) is 18.0 Å². The minimum absolute atomic E-state index is 0.200. The van der Waals surface area contributed by atoms with Gasteiger partial charge in [-0.3, -0.25) is 15.1 Å². The Hall–Kier alpha value is -2.63. The standard InChI is InChI=1S/C14H15F3N6O2S/c1-2-23-11(9-3-5-18-6-4-9)21-22-13(23)26-7-10(24)20-12(25)19-8-14(15,16)17/h3-6H,2,7-8H2,1H3,(H2,19,20,24,25). The van der Waals surface area contributed by atoms with Gasteiger partial charge in [0.1, 0.15) is 6.54 Å². The van der Waals surface area contributed by atoms with Gasteiger partial charge in [0.15, 0.2) is 11.0 Å². The van der Waals surface area contributed by atoms with Crippen molar-refractivity contribution in [3.63, 3.8) is 0 Å². The van der Waals surface area contributed by atoms with Crippen LogP contribution in [0.25, 0.3) is 11.4 Å². The Morgan fingerprint density at radius 1 is 1.23 bits per heavy atom. The van der Waals surface area contributed by atoms with E-state index in [-0.39, 0.29) is 5.75 Å².